The monoisotopic (exact) mass is 230 g/mol. The molecule has 0 amide bonds. The van der Waals surface area contributed by atoms with E-state index in [1.807, 2.05) is 0 Å². The van der Waals surface area contributed by atoms with Gasteiger partial charge in [-0.3, -0.25) is 14.4 Å². The van der Waals surface area contributed by atoms with Gasteiger partial charge in [-0.15, -0.1) is 0 Å². The molecule has 2 saturated heterocycles. The first kappa shape index (κ1) is 10.9. The maximum absolute atomic E-state index is 10.9. The molecule has 0 spiro atoms. The summed E-state index contributed by atoms with van der Waals surface area (Å²) in [6.07, 6.45) is -1.76. The average Bonchev–Trinajstić information content (AvgIpc) is 2.72. The molecule has 88 valence electrons. The third-order valence-electron chi connectivity index (χ3n) is 3.24. The minimum atomic E-state index is -1.31. The molecule has 0 aromatic rings. The van der Waals surface area contributed by atoms with Gasteiger partial charge in [-0.05, 0) is 6.42 Å². The largest absolute Gasteiger partial charge is 0.481 e. The molecule has 2 aliphatic rings. The zero-order valence-electron chi connectivity index (χ0n) is 8.07. The Hall–Kier alpha value is -1.63. The van der Waals surface area contributed by atoms with Gasteiger partial charge in [-0.25, -0.2) is 0 Å². The van der Waals surface area contributed by atoms with E-state index in [-0.39, 0.29) is 6.42 Å². The normalized spacial score (nSPS) is 40.9. The molecule has 2 fully saturated rings. The predicted octanol–water partition coefficient (Wildman–Crippen LogP) is -0.740. The first-order valence-electron chi connectivity index (χ1n) is 4.77. The molecule has 2 bridgehead atoms. The van der Waals surface area contributed by atoms with Crippen LogP contribution in [0.2, 0.25) is 0 Å². The molecule has 0 unspecified atom stereocenters. The van der Waals surface area contributed by atoms with Crippen molar-refractivity contribution in [1.82, 2.24) is 0 Å². The minimum absolute atomic E-state index is 0.0702. The van der Waals surface area contributed by atoms with Gasteiger partial charge >= 0.3 is 17.9 Å². The van der Waals surface area contributed by atoms with E-state index >= 15 is 0 Å². The molecular weight excluding hydrogens is 220 g/mol. The Bertz CT molecular complexity index is 363. The van der Waals surface area contributed by atoms with Crippen LogP contribution in [-0.2, 0) is 19.1 Å². The molecular formula is C9H10O7. The van der Waals surface area contributed by atoms with Crippen molar-refractivity contribution in [2.75, 3.05) is 0 Å². The van der Waals surface area contributed by atoms with Crippen molar-refractivity contribution in [3.63, 3.8) is 0 Å². The number of rotatable bonds is 3. The summed E-state index contributed by atoms with van der Waals surface area (Å²) in [5, 5.41) is 26.6. The van der Waals surface area contributed by atoms with Crippen molar-refractivity contribution in [3.05, 3.63) is 0 Å². The third kappa shape index (κ3) is 1.35. The summed E-state index contributed by atoms with van der Waals surface area (Å²) in [5.74, 6) is -7.02. The summed E-state index contributed by atoms with van der Waals surface area (Å²) in [5.41, 5.74) is 0. The van der Waals surface area contributed by atoms with Gasteiger partial charge < -0.3 is 20.1 Å². The van der Waals surface area contributed by atoms with Crippen LogP contribution in [0.4, 0.5) is 0 Å². The molecule has 7 nitrogen and oxygen atoms in total. The molecule has 0 aromatic heterocycles. The number of hydrogen-bond donors (Lipinski definition) is 3. The van der Waals surface area contributed by atoms with E-state index in [2.05, 4.69) is 0 Å². The SMILES string of the molecule is O=C(O)[C@H]1[C@H]2O[C@@H](C[C@H]2C(=O)O)[C@H]1C(=O)O. The molecule has 0 aliphatic carbocycles. The molecule has 7 heteroatoms. The van der Waals surface area contributed by atoms with Gasteiger partial charge in [0.1, 0.15) is 0 Å². The van der Waals surface area contributed by atoms with E-state index in [4.69, 9.17) is 20.1 Å². The molecule has 2 rings (SSSR count). The highest BCUT2D eigenvalue weighted by molar-refractivity contribution is 5.84. The molecule has 0 aromatic carbocycles. The number of carboxylic acids is 3. The van der Waals surface area contributed by atoms with E-state index in [0.29, 0.717) is 0 Å². The lowest BCUT2D eigenvalue weighted by Crippen LogP contribution is -2.44. The second-order valence-electron chi connectivity index (χ2n) is 4.05. The second-order valence-corrected chi connectivity index (χ2v) is 4.05. The lowest BCUT2D eigenvalue weighted by Gasteiger charge is -2.25. The van der Waals surface area contributed by atoms with Crippen molar-refractivity contribution >= 4 is 17.9 Å². The van der Waals surface area contributed by atoms with Crippen LogP contribution in [0.5, 0.6) is 0 Å². The number of carboxylic acid groups (broad SMARTS) is 3. The van der Waals surface area contributed by atoms with Crippen molar-refractivity contribution in [2.45, 2.75) is 18.6 Å². The topological polar surface area (TPSA) is 121 Å². The smallest absolute Gasteiger partial charge is 0.310 e. The highest BCUT2D eigenvalue weighted by Gasteiger charge is 2.61. The fourth-order valence-corrected chi connectivity index (χ4v) is 2.59. The van der Waals surface area contributed by atoms with Gasteiger partial charge in [0.2, 0.25) is 0 Å². The van der Waals surface area contributed by atoms with Crippen molar-refractivity contribution in [1.29, 1.82) is 0 Å². The standard InChI is InChI=1S/C9H10O7/c10-7(11)2-1-3-4(8(12)13)5(9(14)15)6(2)16-3/h2-6H,1H2,(H,10,11)(H,12,13)(H,14,15)/t2-,3+,4-,5-,6+/m1/s1. The van der Waals surface area contributed by atoms with Crippen LogP contribution in [0, 0.1) is 17.8 Å². The zero-order valence-corrected chi connectivity index (χ0v) is 8.07. The van der Waals surface area contributed by atoms with Gasteiger partial charge in [-0.1, -0.05) is 0 Å². The molecule has 5 atom stereocenters. The lowest BCUT2D eigenvalue weighted by molar-refractivity contribution is -0.157. The Balaban J connectivity index is 2.29. The molecule has 0 saturated carbocycles. The van der Waals surface area contributed by atoms with Crippen molar-refractivity contribution < 1.29 is 34.4 Å². The Morgan fingerprint density at radius 2 is 1.50 bits per heavy atom. The van der Waals surface area contributed by atoms with Crippen LogP contribution >= 0.6 is 0 Å². The molecule has 0 radical (unpaired) electrons. The van der Waals surface area contributed by atoms with E-state index in [1.165, 1.54) is 0 Å². The van der Waals surface area contributed by atoms with E-state index in [9.17, 15) is 14.4 Å². The summed E-state index contributed by atoms with van der Waals surface area (Å²) in [4.78, 5) is 32.6. The van der Waals surface area contributed by atoms with Crippen molar-refractivity contribution in [2.24, 2.45) is 17.8 Å². The fraction of sp³-hybridized carbons (Fsp3) is 0.667. The van der Waals surface area contributed by atoms with Crippen LogP contribution in [0.3, 0.4) is 0 Å². The van der Waals surface area contributed by atoms with Crippen molar-refractivity contribution in [3.8, 4) is 0 Å². The summed E-state index contributed by atoms with van der Waals surface area (Å²) in [6.45, 7) is 0. The minimum Gasteiger partial charge on any atom is -0.481 e. The Morgan fingerprint density at radius 3 is 1.94 bits per heavy atom. The average molecular weight is 230 g/mol. The van der Waals surface area contributed by atoms with Crippen LogP contribution in [0.25, 0.3) is 0 Å². The Morgan fingerprint density at radius 1 is 0.938 bits per heavy atom. The molecule has 2 aliphatic heterocycles. The van der Waals surface area contributed by atoms with Crippen LogP contribution in [0.15, 0.2) is 0 Å². The van der Waals surface area contributed by atoms with Gasteiger partial charge in [0, 0.05) is 0 Å². The van der Waals surface area contributed by atoms with Gasteiger partial charge in [0.25, 0.3) is 0 Å². The molecule has 16 heavy (non-hydrogen) atoms. The first-order chi connectivity index (χ1) is 7.43. The van der Waals surface area contributed by atoms with Gasteiger partial charge in [-0.2, -0.15) is 0 Å². The molecule has 3 N–H and O–H groups in total. The lowest BCUT2D eigenvalue weighted by atomic mass is 9.74. The summed E-state index contributed by atoms with van der Waals surface area (Å²) >= 11 is 0. The summed E-state index contributed by atoms with van der Waals surface area (Å²) < 4.78 is 5.15. The van der Waals surface area contributed by atoms with E-state index < -0.39 is 47.9 Å². The highest BCUT2D eigenvalue weighted by Crippen LogP contribution is 2.47. The highest BCUT2D eigenvalue weighted by atomic mass is 16.5. The Kier molecular flexibility index (Phi) is 2.34. The Labute approximate surface area is 89.6 Å². The van der Waals surface area contributed by atoms with Crippen LogP contribution in [0.1, 0.15) is 6.42 Å². The number of ether oxygens (including phenoxy) is 1. The summed E-state index contributed by atoms with van der Waals surface area (Å²) in [6, 6.07) is 0. The van der Waals surface area contributed by atoms with Gasteiger partial charge in [0.05, 0.1) is 30.0 Å². The summed E-state index contributed by atoms with van der Waals surface area (Å²) in [7, 11) is 0. The van der Waals surface area contributed by atoms with Crippen LogP contribution in [-0.4, -0.2) is 45.4 Å². The number of fused-ring (bicyclic) bond motifs is 2. The maximum Gasteiger partial charge on any atom is 0.310 e. The quantitative estimate of drug-likeness (QED) is 0.583. The number of aliphatic carboxylic acids is 3. The zero-order chi connectivity index (χ0) is 12.0. The number of carbonyl (C=O) groups is 3. The first-order valence-corrected chi connectivity index (χ1v) is 4.77. The fourth-order valence-electron chi connectivity index (χ4n) is 2.59. The van der Waals surface area contributed by atoms with Crippen LogP contribution < -0.4 is 0 Å². The maximum atomic E-state index is 10.9. The van der Waals surface area contributed by atoms with Gasteiger partial charge in [0.15, 0.2) is 0 Å². The number of hydrogen-bond acceptors (Lipinski definition) is 4. The second kappa shape index (κ2) is 3.44. The van der Waals surface area contributed by atoms with E-state index in [1.54, 1.807) is 0 Å². The third-order valence-corrected chi connectivity index (χ3v) is 3.24. The van der Waals surface area contributed by atoms with E-state index in [0.717, 1.165) is 0 Å². The molecule has 2 heterocycles. The predicted molar refractivity (Wildman–Crippen MR) is 46.7 cm³/mol.